The van der Waals surface area contributed by atoms with Crippen LogP contribution in [0.15, 0.2) is 77.7 Å². The third kappa shape index (κ3) is 6.17. The highest BCUT2D eigenvalue weighted by atomic mass is 35.5. The molecule has 1 atom stereocenters. The van der Waals surface area contributed by atoms with Crippen molar-refractivity contribution in [2.24, 2.45) is 0 Å². The molecule has 0 bridgehead atoms. The number of ether oxygens (including phenoxy) is 1. The molecule has 0 saturated carbocycles. The van der Waals surface area contributed by atoms with Crippen LogP contribution >= 0.6 is 11.6 Å². The number of alkyl halides is 3. The third-order valence-corrected chi connectivity index (χ3v) is 8.24. The molecular formula is C26H22ClF3N2O5S. The van der Waals surface area contributed by atoms with Crippen molar-refractivity contribution in [2.75, 3.05) is 18.5 Å². The van der Waals surface area contributed by atoms with Gasteiger partial charge in [0.15, 0.2) is 6.61 Å². The summed E-state index contributed by atoms with van der Waals surface area (Å²) in [5.74, 6) is -1.71. The quantitative estimate of drug-likeness (QED) is 0.396. The van der Waals surface area contributed by atoms with Crippen LogP contribution in [0.3, 0.4) is 0 Å². The lowest BCUT2D eigenvalue weighted by Gasteiger charge is -2.36. The van der Waals surface area contributed by atoms with Gasteiger partial charge >= 0.3 is 12.1 Å². The van der Waals surface area contributed by atoms with Crippen molar-refractivity contribution >= 4 is 39.2 Å². The van der Waals surface area contributed by atoms with Gasteiger partial charge in [0.05, 0.1) is 27.9 Å². The maximum Gasteiger partial charge on any atom is 0.417 e. The lowest BCUT2D eigenvalue weighted by Crippen LogP contribution is -2.41. The molecule has 0 radical (unpaired) electrons. The molecule has 0 unspecified atom stereocenters. The minimum absolute atomic E-state index is 0.0818. The summed E-state index contributed by atoms with van der Waals surface area (Å²) in [6.45, 7) is -0.632. The molecule has 1 aliphatic rings. The Morgan fingerprint density at radius 2 is 1.71 bits per heavy atom. The van der Waals surface area contributed by atoms with Crippen molar-refractivity contribution in [3.05, 3.63) is 94.5 Å². The first-order valence-corrected chi connectivity index (χ1v) is 13.3. The number of nitrogens with one attached hydrogen (secondary N) is 1. The molecule has 0 aromatic heterocycles. The molecule has 3 aromatic carbocycles. The second-order valence-corrected chi connectivity index (χ2v) is 10.8. The van der Waals surface area contributed by atoms with Gasteiger partial charge in [-0.05, 0) is 47.9 Å². The second kappa shape index (κ2) is 11.1. The van der Waals surface area contributed by atoms with Crippen LogP contribution in [0.25, 0.3) is 0 Å². The Morgan fingerprint density at radius 1 is 1.03 bits per heavy atom. The first kappa shape index (κ1) is 27.6. The number of hydrogen-bond acceptors (Lipinski definition) is 5. The molecule has 12 heteroatoms. The molecule has 1 N–H and O–H groups in total. The number of sulfonamides is 1. The van der Waals surface area contributed by atoms with E-state index in [9.17, 15) is 31.2 Å². The molecule has 3 aromatic rings. The van der Waals surface area contributed by atoms with Crippen LogP contribution in [0.5, 0.6) is 0 Å². The number of anilines is 1. The topological polar surface area (TPSA) is 92.8 Å². The van der Waals surface area contributed by atoms with Gasteiger partial charge in [-0.1, -0.05) is 54.1 Å². The fraction of sp³-hybridized carbons (Fsp3) is 0.231. The van der Waals surface area contributed by atoms with Gasteiger partial charge in [-0.15, -0.1) is 0 Å². The van der Waals surface area contributed by atoms with Crippen molar-refractivity contribution < 1.29 is 35.9 Å². The van der Waals surface area contributed by atoms with E-state index in [4.69, 9.17) is 16.3 Å². The molecule has 0 spiro atoms. The lowest BCUT2D eigenvalue weighted by atomic mass is 9.92. The van der Waals surface area contributed by atoms with Gasteiger partial charge < -0.3 is 10.1 Å². The Balaban J connectivity index is 1.46. The van der Waals surface area contributed by atoms with Gasteiger partial charge in [0.25, 0.3) is 5.91 Å². The lowest BCUT2D eigenvalue weighted by molar-refractivity contribution is -0.148. The number of fused-ring (bicyclic) bond motifs is 1. The number of esters is 1. The van der Waals surface area contributed by atoms with Crippen molar-refractivity contribution in [3.8, 4) is 0 Å². The predicted molar refractivity (Wildman–Crippen MR) is 134 cm³/mol. The fourth-order valence-corrected chi connectivity index (χ4v) is 6.09. The summed E-state index contributed by atoms with van der Waals surface area (Å²) in [5, 5.41) is 1.71. The third-order valence-electron chi connectivity index (χ3n) is 5.99. The normalized spacial score (nSPS) is 15.9. The number of hydrogen-bond donors (Lipinski definition) is 1. The van der Waals surface area contributed by atoms with Crippen LogP contribution in [-0.2, 0) is 36.9 Å². The summed E-state index contributed by atoms with van der Waals surface area (Å²) in [5.41, 5.74) is 0.250. The smallest absolute Gasteiger partial charge is 0.417 e. The van der Waals surface area contributed by atoms with Gasteiger partial charge in [-0.25, -0.2) is 8.42 Å². The summed E-state index contributed by atoms with van der Waals surface area (Å²) in [7, 11) is -3.95. The van der Waals surface area contributed by atoms with Crippen LogP contribution in [0.2, 0.25) is 5.02 Å². The van der Waals surface area contributed by atoms with E-state index >= 15 is 0 Å². The molecule has 0 saturated heterocycles. The highest BCUT2D eigenvalue weighted by Gasteiger charge is 2.38. The number of halogens is 4. The van der Waals surface area contributed by atoms with Gasteiger partial charge in [-0.2, -0.15) is 17.5 Å². The molecule has 38 heavy (non-hydrogen) atoms. The van der Waals surface area contributed by atoms with E-state index in [0.29, 0.717) is 18.1 Å². The summed E-state index contributed by atoms with van der Waals surface area (Å²) < 4.78 is 72.3. The summed E-state index contributed by atoms with van der Waals surface area (Å²) in [6, 6.07) is 17.0. The Kier molecular flexibility index (Phi) is 8.10. The van der Waals surface area contributed by atoms with Crippen molar-refractivity contribution in [1.82, 2.24) is 4.31 Å². The molecule has 7 nitrogen and oxygen atoms in total. The zero-order chi connectivity index (χ0) is 27.5. The monoisotopic (exact) mass is 566 g/mol. The van der Waals surface area contributed by atoms with E-state index < -0.39 is 51.3 Å². The summed E-state index contributed by atoms with van der Waals surface area (Å²) in [4.78, 5) is 25.1. The van der Waals surface area contributed by atoms with E-state index in [2.05, 4.69) is 5.32 Å². The number of carbonyl (C=O) groups excluding carboxylic acids is 2. The second-order valence-electron chi connectivity index (χ2n) is 8.50. The summed E-state index contributed by atoms with van der Waals surface area (Å²) in [6.07, 6.45) is -4.63. The molecule has 1 aliphatic heterocycles. The number of benzene rings is 3. The van der Waals surface area contributed by atoms with Crippen LogP contribution in [0, 0.1) is 0 Å². The van der Waals surface area contributed by atoms with Crippen LogP contribution in [0.1, 0.15) is 29.2 Å². The highest BCUT2D eigenvalue weighted by molar-refractivity contribution is 7.89. The van der Waals surface area contributed by atoms with Crippen molar-refractivity contribution in [1.29, 1.82) is 0 Å². The zero-order valence-electron chi connectivity index (χ0n) is 19.7. The minimum Gasteiger partial charge on any atom is -0.456 e. The van der Waals surface area contributed by atoms with Crippen molar-refractivity contribution in [3.63, 3.8) is 0 Å². The van der Waals surface area contributed by atoms with E-state index in [1.165, 1.54) is 22.5 Å². The van der Waals surface area contributed by atoms with Crippen LogP contribution < -0.4 is 5.32 Å². The maximum atomic E-state index is 13.4. The largest absolute Gasteiger partial charge is 0.456 e. The van der Waals surface area contributed by atoms with Gasteiger partial charge in [0.2, 0.25) is 10.0 Å². The number of nitrogens with zero attached hydrogens (tertiary/aromatic N) is 1. The van der Waals surface area contributed by atoms with Gasteiger partial charge in [-0.3, -0.25) is 9.59 Å². The summed E-state index contributed by atoms with van der Waals surface area (Å²) >= 11 is 5.58. The Labute approximate surface area is 222 Å². The van der Waals surface area contributed by atoms with Crippen LogP contribution in [0.4, 0.5) is 18.9 Å². The highest BCUT2D eigenvalue weighted by Crippen LogP contribution is 2.37. The molecule has 0 aliphatic carbocycles. The molecule has 4 rings (SSSR count). The first-order chi connectivity index (χ1) is 18.0. The number of carbonyl (C=O) groups is 2. The Hall–Kier alpha value is -3.41. The zero-order valence-corrected chi connectivity index (χ0v) is 21.3. The molecule has 200 valence electrons. The van der Waals surface area contributed by atoms with E-state index in [0.717, 1.165) is 11.6 Å². The molecule has 1 amide bonds. The average molecular weight is 567 g/mol. The Morgan fingerprint density at radius 3 is 2.42 bits per heavy atom. The number of rotatable bonds is 7. The van der Waals surface area contributed by atoms with Crippen LogP contribution in [-0.4, -0.2) is 37.8 Å². The Bertz CT molecular complexity index is 1450. The molecule has 0 fully saturated rings. The van der Waals surface area contributed by atoms with Crippen molar-refractivity contribution in [2.45, 2.75) is 30.0 Å². The SMILES string of the molecule is O=C(COC(=O)C[C@H]1c2ccccc2CCN1S(=O)(=O)c1ccccc1)Nc1ccc(Cl)c(C(F)(F)F)c1. The van der Waals surface area contributed by atoms with E-state index in [1.807, 2.05) is 12.1 Å². The van der Waals surface area contributed by atoms with Gasteiger partial charge in [0.1, 0.15) is 0 Å². The maximum absolute atomic E-state index is 13.4. The van der Waals surface area contributed by atoms with E-state index in [-0.39, 0.29) is 23.5 Å². The average Bonchev–Trinajstić information content (AvgIpc) is 2.88. The standard InChI is InChI=1S/C26H22ClF3N2O5S/c27-22-11-10-18(14-21(22)26(28,29)30)31-24(33)16-37-25(34)15-23-20-9-5-4-6-17(20)12-13-32(23)38(35,36)19-7-2-1-3-8-19/h1-11,14,23H,12-13,15-16H2,(H,31,33)/t23-/m0/s1. The minimum atomic E-state index is -4.72. The van der Waals surface area contributed by atoms with Gasteiger partial charge in [0, 0.05) is 12.2 Å². The first-order valence-electron chi connectivity index (χ1n) is 11.4. The number of amides is 1. The van der Waals surface area contributed by atoms with E-state index in [1.54, 1.807) is 30.3 Å². The predicted octanol–water partition coefficient (Wildman–Crippen LogP) is 5.22. The molecule has 1 heterocycles. The fourth-order valence-electron chi connectivity index (χ4n) is 4.24. The molecular weight excluding hydrogens is 545 g/mol.